The van der Waals surface area contributed by atoms with Crippen molar-refractivity contribution < 1.29 is 19.4 Å². The predicted molar refractivity (Wildman–Crippen MR) is 79.1 cm³/mol. The summed E-state index contributed by atoms with van der Waals surface area (Å²) >= 11 is 0. The van der Waals surface area contributed by atoms with Crippen LogP contribution in [0.5, 0.6) is 11.5 Å². The molecular weight excluding hydrogens is 272 g/mol. The number of ether oxygens (including phenoxy) is 2. The van der Waals surface area contributed by atoms with E-state index in [0.29, 0.717) is 17.1 Å². The van der Waals surface area contributed by atoms with Gasteiger partial charge in [0.05, 0.1) is 14.2 Å². The van der Waals surface area contributed by atoms with Crippen molar-refractivity contribution in [2.75, 3.05) is 14.2 Å². The summed E-state index contributed by atoms with van der Waals surface area (Å²) < 4.78 is 11.3. The van der Waals surface area contributed by atoms with Crippen LogP contribution < -0.4 is 9.47 Å². The molecule has 0 radical (unpaired) electrons. The summed E-state index contributed by atoms with van der Waals surface area (Å²) in [4.78, 5) is 0. The van der Waals surface area contributed by atoms with Gasteiger partial charge in [0.1, 0.15) is 22.6 Å². The summed E-state index contributed by atoms with van der Waals surface area (Å²) in [6.07, 6.45) is 0. The molecule has 0 saturated heterocycles. The van der Waals surface area contributed by atoms with Crippen molar-refractivity contribution >= 4 is 5.84 Å². The fourth-order valence-electron chi connectivity index (χ4n) is 2.33. The van der Waals surface area contributed by atoms with Crippen LogP contribution in [-0.2, 0) is 0 Å². The van der Waals surface area contributed by atoms with Crippen molar-refractivity contribution in [2.24, 2.45) is 0 Å². The maximum atomic E-state index is 12.7. The van der Waals surface area contributed by atoms with Gasteiger partial charge in [-0.05, 0) is 39.8 Å². The number of nitrogens with zero attached hydrogens (tertiary/aromatic N) is 2. The highest BCUT2D eigenvalue weighted by Crippen LogP contribution is 2.39. The van der Waals surface area contributed by atoms with Crippen molar-refractivity contribution in [3.63, 3.8) is 0 Å². The number of hydrogen-bond acceptors (Lipinski definition) is 5. The molecule has 0 amide bonds. The number of hydroxylamine groups is 3. The highest BCUT2D eigenvalue weighted by Gasteiger charge is 2.59. The molecule has 116 valence electrons. The van der Waals surface area contributed by atoms with Crippen LogP contribution in [0, 0.1) is 5.21 Å². The van der Waals surface area contributed by atoms with Crippen LogP contribution >= 0.6 is 0 Å². The molecule has 1 aromatic rings. The Bertz CT molecular complexity index is 593. The maximum Gasteiger partial charge on any atom is 0.317 e. The van der Waals surface area contributed by atoms with Gasteiger partial charge in [-0.3, -0.25) is 4.74 Å². The monoisotopic (exact) mass is 294 g/mol. The van der Waals surface area contributed by atoms with Crippen LogP contribution in [0.15, 0.2) is 18.2 Å². The van der Waals surface area contributed by atoms with Gasteiger partial charge in [0, 0.05) is 6.07 Å². The van der Waals surface area contributed by atoms with Crippen LogP contribution in [0.2, 0.25) is 0 Å². The summed E-state index contributed by atoms with van der Waals surface area (Å²) in [7, 11) is 3.07. The molecule has 0 unspecified atom stereocenters. The molecule has 2 rings (SSSR count). The predicted octanol–water partition coefficient (Wildman–Crippen LogP) is 2.22. The summed E-state index contributed by atoms with van der Waals surface area (Å²) in [5.41, 5.74) is -1.01. The molecule has 0 aliphatic carbocycles. The van der Waals surface area contributed by atoms with Crippen molar-refractivity contribution in [1.82, 2.24) is 5.06 Å². The summed E-state index contributed by atoms with van der Waals surface area (Å²) in [5.74, 6) is 1.26. The van der Waals surface area contributed by atoms with Gasteiger partial charge >= 0.3 is 5.84 Å². The van der Waals surface area contributed by atoms with Gasteiger partial charge in [0.25, 0.3) is 0 Å². The topological polar surface area (TPSA) is 68.0 Å². The lowest BCUT2D eigenvalue weighted by atomic mass is 9.84. The van der Waals surface area contributed by atoms with E-state index in [1.54, 1.807) is 39.2 Å². The maximum absolute atomic E-state index is 12.7. The third-order valence-corrected chi connectivity index (χ3v) is 4.58. The zero-order valence-corrected chi connectivity index (χ0v) is 13.3. The zero-order valence-electron chi connectivity index (χ0n) is 13.3. The fourth-order valence-corrected chi connectivity index (χ4v) is 2.33. The Labute approximate surface area is 124 Å². The van der Waals surface area contributed by atoms with E-state index in [-0.39, 0.29) is 5.84 Å². The van der Waals surface area contributed by atoms with Gasteiger partial charge in [-0.1, -0.05) is 0 Å². The molecule has 6 heteroatoms. The summed E-state index contributed by atoms with van der Waals surface area (Å²) in [5, 5.41) is 24.2. The van der Waals surface area contributed by atoms with Gasteiger partial charge in [-0.25, -0.2) is 5.21 Å². The molecule has 0 fully saturated rings. The molecular formula is C15H22N2O4. The first kappa shape index (κ1) is 15.4. The van der Waals surface area contributed by atoms with Gasteiger partial charge in [0.2, 0.25) is 0 Å². The van der Waals surface area contributed by atoms with Crippen LogP contribution in [0.4, 0.5) is 0 Å². The third kappa shape index (κ3) is 2.01. The second kappa shape index (κ2) is 4.80. The third-order valence-electron chi connectivity index (χ3n) is 4.58. The van der Waals surface area contributed by atoms with Gasteiger partial charge < -0.3 is 14.7 Å². The Morgan fingerprint density at radius 3 is 2.19 bits per heavy atom. The minimum atomic E-state index is -0.790. The Hall–Kier alpha value is -1.95. The molecule has 1 aliphatic rings. The lowest BCUT2D eigenvalue weighted by Gasteiger charge is -2.33. The minimum Gasteiger partial charge on any atom is -0.714 e. The molecule has 1 heterocycles. The molecule has 0 saturated carbocycles. The molecule has 1 N–H and O–H groups in total. The van der Waals surface area contributed by atoms with Crippen LogP contribution in [-0.4, -0.2) is 46.1 Å². The Morgan fingerprint density at radius 2 is 1.76 bits per heavy atom. The van der Waals surface area contributed by atoms with Crippen LogP contribution in [0.3, 0.4) is 0 Å². The molecule has 1 aromatic carbocycles. The molecule has 21 heavy (non-hydrogen) atoms. The van der Waals surface area contributed by atoms with Crippen LogP contribution in [0.25, 0.3) is 0 Å². The first-order valence-electron chi connectivity index (χ1n) is 6.74. The second-order valence-electron chi connectivity index (χ2n) is 6.11. The fraction of sp³-hybridized carbons (Fsp3) is 0.533. The SMILES string of the molecule is COc1ccc(C2=[N+]([O-])C(C)(C)C(C)(C)N2O)c(OC)c1. The van der Waals surface area contributed by atoms with Crippen molar-refractivity contribution in [3.8, 4) is 11.5 Å². The van der Waals surface area contributed by atoms with Crippen LogP contribution in [0.1, 0.15) is 33.3 Å². The lowest BCUT2D eigenvalue weighted by molar-refractivity contribution is -0.539. The average molecular weight is 294 g/mol. The molecule has 6 nitrogen and oxygen atoms in total. The first-order chi connectivity index (χ1) is 9.68. The van der Waals surface area contributed by atoms with E-state index in [1.807, 2.05) is 13.8 Å². The molecule has 0 aromatic heterocycles. The number of methoxy groups -OCH3 is 2. The molecule has 0 atom stereocenters. The smallest absolute Gasteiger partial charge is 0.317 e. The number of amidine groups is 1. The van der Waals surface area contributed by atoms with E-state index < -0.39 is 11.1 Å². The Balaban J connectivity index is 2.64. The van der Waals surface area contributed by atoms with Gasteiger partial charge in [-0.15, -0.1) is 5.06 Å². The standard InChI is InChI=1S/C15H22N2O4/c1-14(2)15(3,4)17(19)13(16(14)18)11-8-7-10(20-5)9-12(11)21-6/h7-9,18H,1-6H3. The molecule has 1 aliphatic heterocycles. The quantitative estimate of drug-likeness (QED) is 0.684. The van der Waals surface area contributed by atoms with E-state index in [1.165, 1.54) is 7.11 Å². The highest BCUT2D eigenvalue weighted by atomic mass is 16.5. The van der Waals surface area contributed by atoms with E-state index in [0.717, 1.165) is 9.80 Å². The normalized spacial score (nSPS) is 19.9. The number of benzene rings is 1. The Morgan fingerprint density at radius 1 is 1.14 bits per heavy atom. The van der Waals surface area contributed by atoms with Crippen molar-refractivity contribution in [3.05, 3.63) is 29.0 Å². The minimum absolute atomic E-state index is 0.171. The van der Waals surface area contributed by atoms with E-state index in [4.69, 9.17) is 9.47 Å². The summed E-state index contributed by atoms with van der Waals surface area (Å²) in [6, 6.07) is 5.12. The zero-order chi connectivity index (χ0) is 16.0. The first-order valence-corrected chi connectivity index (χ1v) is 6.74. The van der Waals surface area contributed by atoms with E-state index >= 15 is 0 Å². The van der Waals surface area contributed by atoms with Gasteiger partial charge in [-0.2, -0.15) is 0 Å². The largest absolute Gasteiger partial charge is 0.714 e. The Kier molecular flexibility index (Phi) is 3.53. The van der Waals surface area contributed by atoms with Crippen molar-refractivity contribution in [2.45, 2.75) is 38.8 Å². The lowest BCUT2D eigenvalue weighted by Crippen LogP contribution is -2.53. The van der Waals surface area contributed by atoms with E-state index in [2.05, 4.69) is 0 Å². The van der Waals surface area contributed by atoms with Crippen molar-refractivity contribution in [1.29, 1.82) is 0 Å². The summed E-state index contributed by atoms with van der Waals surface area (Å²) in [6.45, 7) is 7.24. The number of rotatable bonds is 3. The molecule has 0 bridgehead atoms. The average Bonchev–Trinajstić information content (AvgIpc) is 2.57. The molecule has 0 spiro atoms. The van der Waals surface area contributed by atoms with Gasteiger partial charge in [0.15, 0.2) is 5.54 Å². The highest BCUT2D eigenvalue weighted by molar-refractivity contribution is 5.98. The second-order valence-corrected chi connectivity index (χ2v) is 6.11. The van der Waals surface area contributed by atoms with E-state index in [9.17, 15) is 10.4 Å². The number of hydrogen-bond donors (Lipinski definition) is 1.